The van der Waals surface area contributed by atoms with E-state index in [1.54, 1.807) is 24.3 Å². The summed E-state index contributed by atoms with van der Waals surface area (Å²) in [4.78, 5) is 27.4. The largest absolute Gasteiger partial charge is 0.338 e. The molecular weight excluding hydrogens is 362 g/mol. The summed E-state index contributed by atoms with van der Waals surface area (Å²) in [6.07, 6.45) is 2.16. The van der Waals surface area contributed by atoms with E-state index < -0.39 is 0 Å². The Bertz CT molecular complexity index is 827. The summed E-state index contributed by atoms with van der Waals surface area (Å²) < 4.78 is 0. The minimum Gasteiger partial charge on any atom is -0.338 e. The second-order valence-electron chi connectivity index (χ2n) is 7.24. The molecule has 6 heteroatoms. The average molecular weight is 386 g/mol. The monoisotopic (exact) mass is 385 g/mol. The molecule has 3 unspecified atom stereocenters. The van der Waals surface area contributed by atoms with Gasteiger partial charge in [0.1, 0.15) is 0 Å². The van der Waals surface area contributed by atoms with Crippen molar-refractivity contribution in [2.45, 2.75) is 18.9 Å². The molecule has 2 fully saturated rings. The van der Waals surface area contributed by atoms with E-state index in [-0.39, 0.29) is 30.3 Å². The standard InChI is InChI=1S/C21H23N3O2.ClH/c22-18-11-10-15-12-24(13-17(15)18)21(26)16-8-4-5-9-19(16)23-20(25)14-6-2-1-3-7-14;/h1-9,15,17-18H,10-13,22H2,(H,23,25);1H. The van der Waals surface area contributed by atoms with Gasteiger partial charge in [0.05, 0.1) is 11.3 Å². The molecule has 1 aliphatic heterocycles. The first-order valence-electron chi connectivity index (χ1n) is 9.14. The number of carbonyl (C=O) groups excluding carboxylic acids is 2. The number of para-hydroxylation sites is 1. The number of fused-ring (bicyclic) bond motifs is 1. The zero-order chi connectivity index (χ0) is 18.1. The maximum atomic E-state index is 13.1. The molecule has 1 saturated carbocycles. The quantitative estimate of drug-likeness (QED) is 0.852. The van der Waals surface area contributed by atoms with Crippen LogP contribution in [-0.4, -0.2) is 35.8 Å². The second-order valence-corrected chi connectivity index (χ2v) is 7.24. The normalized spacial score (nSPS) is 23.4. The highest BCUT2D eigenvalue weighted by atomic mass is 35.5. The number of nitrogens with zero attached hydrogens (tertiary/aromatic N) is 1. The molecule has 2 aromatic carbocycles. The van der Waals surface area contributed by atoms with Crippen LogP contribution in [0.2, 0.25) is 0 Å². The summed E-state index contributed by atoms with van der Waals surface area (Å²) in [6, 6.07) is 16.4. The zero-order valence-corrected chi connectivity index (χ0v) is 15.8. The number of carbonyl (C=O) groups is 2. The number of halogens is 1. The van der Waals surface area contributed by atoms with Gasteiger partial charge in [-0.15, -0.1) is 12.4 Å². The molecule has 2 aromatic rings. The highest BCUT2D eigenvalue weighted by molar-refractivity contribution is 6.09. The lowest BCUT2D eigenvalue weighted by molar-refractivity contribution is 0.0780. The number of benzene rings is 2. The number of hydrogen-bond acceptors (Lipinski definition) is 3. The van der Waals surface area contributed by atoms with Crippen molar-refractivity contribution in [2.24, 2.45) is 17.6 Å². The van der Waals surface area contributed by atoms with Crippen LogP contribution in [0.1, 0.15) is 33.6 Å². The van der Waals surface area contributed by atoms with Crippen LogP contribution in [-0.2, 0) is 0 Å². The van der Waals surface area contributed by atoms with Gasteiger partial charge >= 0.3 is 0 Å². The third-order valence-electron chi connectivity index (χ3n) is 5.64. The number of rotatable bonds is 3. The van der Waals surface area contributed by atoms with Crippen LogP contribution in [0, 0.1) is 11.8 Å². The summed E-state index contributed by atoms with van der Waals surface area (Å²) in [6.45, 7) is 1.48. The van der Waals surface area contributed by atoms with Crippen LogP contribution >= 0.6 is 12.4 Å². The molecule has 3 N–H and O–H groups in total. The Morgan fingerprint density at radius 1 is 0.963 bits per heavy atom. The minimum absolute atomic E-state index is 0. The van der Waals surface area contributed by atoms with Gasteiger partial charge in [0.2, 0.25) is 0 Å². The molecule has 2 aliphatic rings. The van der Waals surface area contributed by atoms with E-state index in [0.29, 0.717) is 35.2 Å². The summed E-state index contributed by atoms with van der Waals surface area (Å²) in [5.41, 5.74) is 7.83. The van der Waals surface area contributed by atoms with Gasteiger partial charge in [0.15, 0.2) is 0 Å². The molecular formula is C21H24ClN3O2. The smallest absolute Gasteiger partial charge is 0.255 e. The Balaban J connectivity index is 0.00000210. The number of nitrogens with one attached hydrogen (secondary N) is 1. The molecule has 5 nitrogen and oxygen atoms in total. The van der Waals surface area contributed by atoms with Gasteiger partial charge in [0.25, 0.3) is 11.8 Å². The summed E-state index contributed by atoms with van der Waals surface area (Å²) in [5, 5.41) is 2.88. The molecule has 3 atom stereocenters. The second kappa shape index (κ2) is 8.11. The van der Waals surface area contributed by atoms with E-state index in [2.05, 4.69) is 5.32 Å². The lowest BCUT2D eigenvalue weighted by atomic mass is 9.98. The van der Waals surface area contributed by atoms with E-state index in [9.17, 15) is 9.59 Å². The molecule has 2 amide bonds. The highest BCUT2D eigenvalue weighted by Crippen LogP contribution is 2.38. The third-order valence-corrected chi connectivity index (χ3v) is 5.64. The maximum Gasteiger partial charge on any atom is 0.255 e. The maximum absolute atomic E-state index is 13.1. The number of hydrogen-bond donors (Lipinski definition) is 2. The van der Waals surface area contributed by atoms with Gasteiger partial charge in [-0.05, 0) is 48.9 Å². The van der Waals surface area contributed by atoms with E-state index in [1.807, 2.05) is 35.2 Å². The Morgan fingerprint density at radius 3 is 2.41 bits per heavy atom. The number of anilines is 1. The molecule has 0 spiro atoms. The van der Waals surface area contributed by atoms with Crippen LogP contribution in [0.25, 0.3) is 0 Å². The molecule has 27 heavy (non-hydrogen) atoms. The first kappa shape index (κ1) is 19.4. The minimum atomic E-state index is -0.217. The van der Waals surface area contributed by atoms with E-state index in [4.69, 9.17) is 5.73 Å². The van der Waals surface area contributed by atoms with Crippen LogP contribution in [0.3, 0.4) is 0 Å². The highest BCUT2D eigenvalue weighted by Gasteiger charge is 2.42. The van der Waals surface area contributed by atoms with Gasteiger partial charge in [-0.25, -0.2) is 0 Å². The van der Waals surface area contributed by atoms with Crippen molar-refractivity contribution in [3.63, 3.8) is 0 Å². The van der Waals surface area contributed by atoms with E-state index in [0.717, 1.165) is 19.4 Å². The summed E-state index contributed by atoms with van der Waals surface area (Å²) >= 11 is 0. The predicted molar refractivity (Wildman–Crippen MR) is 108 cm³/mol. The van der Waals surface area contributed by atoms with Crippen LogP contribution in [0.4, 0.5) is 5.69 Å². The molecule has 0 bridgehead atoms. The van der Waals surface area contributed by atoms with Crippen molar-refractivity contribution in [3.8, 4) is 0 Å². The Morgan fingerprint density at radius 2 is 1.67 bits per heavy atom. The zero-order valence-electron chi connectivity index (χ0n) is 15.0. The number of nitrogens with two attached hydrogens (primary N) is 1. The van der Waals surface area contributed by atoms with Crippen LogP contribution in [0.15, 0.2) is 54.6 Å². The van der Waals surface area contributed by atoms with Gasteiger partial charge < -0.3 is 16.0 Å². The Labute approximate surface area is 165 Å². The van der Waals surface area contributed by atoms with Crippen molar-refractivity contribution in [2.75, 3.05) is 18.4 Å². The molecule has 4 rings (SSSR count). The SMILES string of the molecule is Cl.NC1CCC2CN(C(=O)c3ccccc3NC(=O)c3ccccc3)CC12. The number of amides is 2. The summed E-state index contributed by atoms with van der Waals surface area (Å²) in [5.74, 6) is 0.673. The molecule has 142 valence electrons. The molecule has 0 aromatic heterocycles. The van der Waals surface area contributed by atoms with Crippen LogP contribution in [0.5, 0.6) is 0 Å². The van der Waals surface area contributed by atoms with Gasteiger partial charge in [0, 0.05) is 24.7 Å². The fourth-order valence-corrected chi connectivity index (χ4v) is 4.21. The number of likely N-dealkylation sites (tertiary alicyclic amines) is 1. The van der Waals surface area contributed by atoms with Crippen molar-refractivity contribution in [1.29, 1.82) is 0 Å². The van der Waals surface area contributed by atoms with Gasteiger partial charge in [-0.2, -0.15) is 0 Å². The fourth-order valence-electron chi connectivity index (χ4n) is 4.21. The predicted octanol–water partition coefficient (Wildman–Crippen LogP) is 3.17. The first-order chi connectivity index (χ1) is 12.6. The molecule has 1 saturated heterocycles. The molecule has 1 heterocycles. The fraction of sp³-hybridized carbons (Fsp3) is 0.333. The van der Waals surface area contributed by atoms with Crippen molar-refractivity contribution < 1.29 is 9.59 Å². The molecule has 1 aliphatic carbocycles. The van der Waals surface area contributed by atoms with Crippen LogP contribution < -0.4 is 11.1 Å². The third kappa shape index (κ3) is 3.84. The van der Waals surface area contributed by atoms with Gasteiger partial charge in [-0.1, -0.05) is 30.3 Å². The van der Waals surface area contributed by atoms with E-state index >= 15 is 0 Å². The van der Waals surface area contributed by atoms with Crippen molar-refractivity contribution in [3.05, 3.63) is 65.7 Å². The lowest BCUT2D eigenvalue weighted by Crippen LogP contribution is -2.34. The Kier molecular flexibility index (Phi) is 5.82. The summed E-state index contributed by atoms with van der Waals surface area (Å²) in [7, 11) is 0. The topological polar surface area (TPSA) is 75.4 Å². The van der Waals surface area contributed by atoms with Crippen molar-refractivity contribution >= 4 is 29.9 Å². The Hall–Kier alpha value is -2.37. The van der Waals surface area contributed by atoms with Crippen molar-refractivity contribution in [1.82, 2.24) is 4.90 Å². The average Bonchev–Trinajstić information content (AvgIpc) is 3.24. The van der Waals surface area contributed by atoms with E-state index in [1.165, 1.54) is 0 Å². The first-order valence-corrected chi connectivity index (χ1v) is 9.14. The van der Waals surface area contributed by atoms with Gasteiger partial charge in [-0.3, -0.25) is 9.59 Å². The lowest BCUT2D eigenvalue weighted by Gasteiger charge is -2.20. The molecule has 0 radical (unpaired) electrons.